The topological polar surface area (TPSA) is 85.6 Å². The molecule has 3 N–H and O–H groups in total. The van der Waals surface area contributed by atoms with E-state index in [1.54, 1.807) is 6.20 Å². The first-order chi connectivity index (χ1) is 12.0. The zero-order valence-electron chi connectivity index (χ0n) is 14.1. The van der Waals surface area contributed by atoms with E-state index in [4.69, 9.17) is 5.41 Å². The van der Waals surface area contributed by atoms with Crippen molar-refractivity contribution >= 4 is 17.6 Å². The number of hydrogen-bond donors (Lipinski definition) is 3. The fourth-order valence-electron chi connectivity index (χ4n) is 2.83. The summed E-state index contributed by atoms with van der Waals surface area (Å²) in [5.41, 5.74) is 0.693. The average Bonchev–Trinajstić information content (AvgIpc) is 3.19. The van der Waals surface area contributed by atoms with E-state index < -0.39 is 12.1 Å². The van der Waals surface area contributed by atoms with Gasteiger partial charge in [-0.15, -0.1) is 0 Å². The Morgan fingerprint density at radius 1 is 1.48 bits per heavy atom. The SMILES string of the molecule is CC1CNCCN1c1cc(-c2cnc(/C=C\C(=N)C(F)F)[nH]2)nn1C. The summed E-state index contributed by atoms with van der Waals surface area (Å²) in [7, 11) is 1.90. The van der Waals surface area contributed by atoms with Gasteiger partial charge in [-0.2, -0.15) is 5.10 Å². The standard InChI is InChI=1S/C16H21F2N7/c1-10-8-20-5-6-25(10)15-7-12(23-24(15)2)13-9-21-14(22-13)4-3-11(19)16(17)18/h3-4,7,9-10,16,19-20H,5-6,8H2,1-2H3,(H,21,22)/b4-3-,19-11?. The van der Waals surface area contributed by atoms with Gasteiger partial charge < -0.3 is 15.2 Å². The summed E-state index contributed by atoms with van der Waals surface area (Å²) in [6.45, 7) is 4.93. The van der Waals surface area contributed by atoms with Crippen molar-refractivity contribution in [2.45, 2.75) is 19.4 Å². The number of allylic oxidation sites excluding steroid dienone is 1. The third-order valence-electron chi connectivity index (χ3n) is 4.18. The van der Waals surface area contributed by atoms with Gasteiger partial charge in [0.05, 0.1) is 17.6 Å². The molecule has 7 nitrogen and oxygen atoms in total. The lowest BCUT2D eigenvalue weighted by atomic mass is 10.2. The third kappa shape index (κ3) is 3.76. The second kappa shape index (κ2) is 7.14. The molecule has 2 aromatic rings. The number of halogens is 2. The van der Waals surface area contributed by atoms with Crippen LogP contribution in [-0.2, 0) is 7.05 Å². The molecule has 0 aromatic carbocycles. The van der Waals surface area contributed by atoms with Crippen LogP contribution < -0.4 is 10.2 Å². The van der Waals surface area contributed by atoms with E-state index in [-0.39, 0.29) is 0 Å². The molecule has 1 atom stereocenters. The maximum atomic E-state index is 12.3. The molecule has 0 spiro atoms. The van der Waals surface area contributed by atoms with Gasteiger partial charge in [0.2, 0.25) is 0 Å². The molecule has 2 aromatic heterocycles. The lowest BCUT2D eigenvalue weighted by molar-refractivity contribution is 0.226. The highest BCUT2D eigenvalue weighted by Crippen LogP contribution is 2.24. The smallest absolute Gasteiger partial charge is 0.279 e. The quantitative estimate of drug-likeness (QED) is 0.720. The fraction of sp³-hybridized carbons (Fsp3) is 0.438. The molecule has 0 saturated carbocycles. The van der Waals surface area contributed by atoms with Crippen molar-refractivity contribution in [1.82, 2.24) is 25.1 Å². The minimum absolute atomic E-state index is 0.373. The average molecular weight is 349 g/mol. The second-order valence-electron chi connectivity index (χ2n) is 6.03. The lowest BCUT2D eigenvalue weighted by Crippen LogP contribution is -2.50. The van der Waals surface area contributed by atoms with Gasteiger partial charge in [0.25, 0.3) is 6.43 Å². The molecular weight excluding hydrogens is 328 g/mol. The Balaban J connectivity index is 1.79. The van der Waals surface area contributed by atoms with Gasteiger partial charge in [-0.1, -0.05) is 0 Å². The van der Waals surface area contributed by atoms with E-state index in [2.05, 4.69) is 32.2 Å². The summed E-state index contributed by atoms with van der Waals surface area (Å²) in [6, 6.07) is 2.36. The van der Waals surface area contributed by atoms with Crippen LogP contribution in [0.1, 0.15) is 12.7 Å². The van der Waals surface area contributed by atoms with Crippen molar-refractivity contribution in [2.24, 2.45) is 7.05 Å². The molecule has 25 heavy (non-hydrogen) atoms. The first-order valence-corrected chi connectivity index (χ1v) is 8.07. The molecule has 1 aliphatic heterocycles. The normalized spacial score (nSPS) is 18.4. The van der Waals surface area contributed by atoms with Gasteiger partial charge in [0.15, 0.2) is 0 Å². The molecule has 9 heteroatoms. The minimum Gasteiger partial charge on any atom is -0.352 e. The Morgan fingerprint density at radius 3 is 3.00 bits per heavy atom. The maximum absolute atomic E-state index is 12.3. The summed E-state index contributed by atoms with van der Waals surface area (Å²) in [6.07, 6.45) is 1.23. The van der Waals surface area contributed by atoms with Crippen molar-refractivity contribution in [3.05, 3.63) is 24.2 Å². The number of aromatic amines is 1. The number of nitrogens with zero attached hydrogens (tertiary/aromatic N) is 4. The van der Waals surface area contributed by atoms with Crippen LogP contribution >= 0.6 is 0 Å². The number of piperazine rings is 1. The fourth-order valence-corrected chi connectivity index (χ4v) is 2.83. The molecule has 3 heterocycles. The summed E-state index contributed by atoms with van der Waals surface area (Å²) in [4.78, 5) is 9.47. The van der Waals surface area contributed by atoms with E-state index in [1.165, 1.54) is 6.08 Å². The Morgan fingerprint density at radius 2 is 2.28 bits per heavy atom. The first kappa shape index (κ1) is 17.3. The summed E-state index contributed by atoms with van der Waals surface area (Å²) >= 11 is 0. The number of H-pyrrole nitrogens is 1. The van der Waals surface area contributed by atoms with E-state index in [9.17, 15) is 8.78 Å². The van der Waals surface area contributed by atoms with Gasteiger partial charge in [0, 0.05) is 38.8 Å². The Labute approximate surface area is 144 Å². The Kier molecular flexibility index (Phi) is 4.93. The van der Waals surface area contributed by atoms with E-state index in [1.807, 2.05) is 17.8 Å². The minimum atomic E-state index is -2.79. The molecule has 1 saturated heterocycles. The van der Waals surface area contributed by atoms with E-state index in [0.717, 1.165) is 37.2 Å². The predicted octanol–water partition coefficient (Wildman–Crippen LogP) is 1.91. The molecule has 1 aliphatic rings. The second-order valence-corrected chi connectivity index (χ2v) is 6.03. The Hall–Kier alpha value is -2.55. The number of imidazole rings is 1. The molecule has 3 rings (SSSR count). The van der Waals surface area contributed by atoms with Crippen molar-refractivity contribution in [1.29, 1.82) is 5.41 Å². The zero-order valence-corrected chi connectivity index (χ0v) is 14.1. The predicted molar refractivity (Wildman–Crippen MR) is 93.2 cm³/mol. The number of anilines is 1. The number of aryl methyl sites for hydroxylation is 1. The van der Waals surface area contributed by atoms with Gasteiger partial charge in [-0.25, -0.2) is 13.8 Å². The summed E-state index contributed by atoms with van der Waals surface area (Å²) in [5.74, 6) is 1.43. The van der Waals surface area contributed by atoms with Gasteiger partial charge in [-0.05, 0) is 19.1 Å². The Bertz CT molecular complexity index is 777. The van der Waals surface area contributed by atoms with Crippen molar-refractivity contribution in [3.63, 3.8) is 0 Å². The molecule has 134 valence electrons. The number of hydrogen-bond acceptors (Lipinski definition) is 5. The molecule has 0 bridgehead atoms. The molecule has 1 unspecified atom stereocenters. The molecular formula is C16H21F2N7. The molecule has 0 aliphatic carbocycles. The van der Waals surface area contributed by atoms with Crippen LogP contribution in [-0.4, -0.2) is 57.6 Å². The van der Waals surface area contributed by atoms with Gasteiger partial charge in [-0.3, -0.25) is 10.1 Å². The van der Waals surface area contributed by atoms with Crippen LogP contribution in [0, 0.1) is 5.41 Å². The number of nitrogens with one attached hydrogen (secondary N) is 3. The summed E-state index contributed by atoms with van der Waals surface area (Å²) < 4.78 is 26.5. The van der Waals surface area contributed by atoms with Crippen molar-refractivity contribution in [2.75, 3.05) is 24.5 Å². The third-order valence-corrected chi connectivity index (χ3v) is 4.18. The van der Waals surface area contributed by atoms with Gasteiger partial charge in [0.1, 0.15) is 17.3 Å². The summed E-state index contributed by atoms with van der Waals surface area (Å²) in [5, 5.41) is 15.0. The van der Waals surface area contributed by atoms with Crippen LogP contribution in [0.25, 0.3) is 17.5 Å². The number of alkyl halides is 2. The van der Waals surface area contributed by atoms with Crippen LogP contribution in [0.15, 0.2) is 18.3 Å². The highest BCUT2D eigenvalue weighted by Gasteiger charge is 2.22. The number of rotatable bonds is 5. The largest absolute Gasteiger partial charge is 0.352 e. The van der Waals surface area contributed by atoms with Crippen LogP contribution in [0.3, 0.4) is 0 Å². The highest BCUT2D eigenvalue weighted by atomic mass is 19.3. The van der Waals surface area contributed by atoms with Crippen LogP contribution in [0.5, 0.6) is 0 Å². The van der Waals surface area contributed by atoms with Crippen molar-refractivity contribution < 1.29 is 8.78 Å². The van der Waals surface area contributed by atoms with E-state index >= 15 is 0 Å². The van der Waals surface area contributed by atoms with E-state index in [0.29, 0.717) is 17.6 Å². The highest BCUT2D eigenvalue weighted by molar-refractivity contribution is 5.97. The van der Waals surface area contributed by atoms with Gasteiger partial charge >= 0.3 is 0 Å². The van der Waals surface area contributed by atoms with Crippen LogP contribution in [0.2, 0.25) is 0 Å². The van der Waals surface area contributed by atoms with Crippen LogP contribution in [0.4, 0.5) is 14.6 Å². The zero-order chi connectivity index (χ0) is 18.0. The maximum Gasteiger partial charge on any atom is 0.279 e. The molecule has 0 radical (unpaired) electrons. The lowest BCUT2D eigenvalue weighted by Gasteiger charge is -2.35. The van der Waals surface area contributed by atoms with Crippen molar-refractivity contribution in [3.8, 4) is 11.4 Å². The molecule has 1 fully saturated rings. The first-order valence-electron chi connectivity index (χ1n) is 8.07. The number of aromatic nitrogens is 4. The molecule has 0 amide bonds. The monoisotopic (exact) mass is 349 g/mol.